The smallest absolute Gasteiger partial charge is 0.110 e. The lowest BCUT2D eigenvalue weighted by atomic mass is 10.3. The van der Waals surface area contributed by atoms with Crippen LogP contribution >= 0.6 is 0 Å². The van der Waals surface area contributed by atoms with Crippen molar-refractivity contribution in [2.45, 2.75) is 39.8 Å². The Morgan fingerprint density at radius 1 is 1.15 bits per heavy atom. The number of aromatic nitrogens is 4. The van der Waals surface area contributed by atoms with E-state index >= 15 is 0 Å². The minimum absolute atomic E-state index is 0.843. The van der Waals surface area contributed by atoms with Gasteiger partial charge in [-0.05, 0) is 25.5 Å². The summed E-state index contributed by atoms with van der Waals surface area (Å²) in [5.41, 5.74) is 3.52. The summed E-state index contributed by atoms with van der Waals surface area (Å²) < 4.78 is 4.28. The molecule has 0 aliphatic carbocycles. The van der Waals surface area contributed by atoms with Gasteiger partial charge in [0, 0.05) is 24.7 Å². The number of aryl methyl sites for hydroxylation is 2. The predicted molar refractivity (Wildman–Crippen MR) is 80.7 cm³/mol. The van der Waals surface area contributed by atoms with Gasteiger partial charge in [-0.15, -0.1) is 0 Å². The largest absolute Gasteiger partial charge is 0.323 e. The monoisotopic (exact) mass is 268 g/mol. The van der Waals surface area contributed by atoms with E-state index in [-0.39, 0.29) is 0 Å². The second kappa shape index (κ2) is 5.49. The Kier molecular flexibility index (Phi) is 3.54. The molecule has 0 N–H and O–H groups in total. The molecular weight excluding hydrogens is 248 g/mol. The highest BCUT2D eigenvalue weighted by molar-refractivity contribution is 5.76. The van der Waals surface area contributed by atoms with E-state index in [1.165, 1.54) is 11.1 Å². The van der Waals surface area contributed by atoms with Gasteiger partial charge in [-0.2, -0.15) is 5.10 Å². The molecule has 3 rings (SSSR count). The first-order chi connectivity index (χ1) is 9.81. The van der Waals surface area contributed by atoms with Crippen molar-refractivity contribution in [3.63, 3.8) is 0 Å². The highest BCUT2D eigenvalue weighted by Crippen LogP contribution is 2.18. The Labute approximate surface area is 119 Å². The summed E-state index contributed by atoms with van der Waals surface area (Å²) in [4.78, 5) is 4.76. The molecule has 1 aromatic carbocycles. The van der Waals surface area contributed by atoms with Gasteiger partial charge in [0.05, 0.1) is 23.8 Å². The first-order valence-electron chi connectivity index (χ1n) is 7.27. The Morgan fingerprint density at radius 3 is 2.75 bits per heavy atom. The number of hydrogen-bond donors (Lipinski definition) is 0. The standard InChI is InChI=1S/C16H20N4/c1-3-7-16-18-14-8-5-6-9-15(14)20(16)12-13-10-17-19(4-2)11-13/h5-6,8-11H,3-4,7,12H2,1-2H3. The van der Waals surface area contributed by atoms with Crippen molar-refractivity contribution in [1.82, 2.24) is 19.3 Å². The van der Waals surface area contributed by atoms with Crippen LogP contribution in [0.3, 0.4) is 0 Å². The third kappa shape index (κ3) is 2.33. The molecule has 0 aliphatic heterocycles. The highest BCUT2D eigenvalue weighted by atomic mass is 15.3. The SMILES string of the molecule is CCCc1nc2ccccc2n1Cc1cnn(CC)c1. The number of para-hydroxylation sites is 2. The van der Waals surface area contributed by atoms with E-state index in [4.69, 9.17) is 4.98 Å². The zero-order valence-corrected chi connectivity index (χ0v) is 12.1. The van der Waals surface area contributed by atoms with E-state index in [1.54, 1.807) is 0 Å². The fourth-order valence-corrected chi connectivity index (χ4v) is 2.56. The Hall–Kier alpha value is -2.10. The van der Waals surface area contributed by atoms with Crippen molar-refractivity contribution >= 4 is 11.0 Å². The topological polar surface area (TPSA) is 35.6 Å². The van der Waals surface area contributed by atoms with Crippen LogP contribution in [0.1, 0.15) is 31.7 Å². The van der Waals surface area contributed by atoms with Gasteiger partial charge in [-0.25, -0.2) is 4.98 Å². The number of rotatable bonds is 5. The average Bonchev–Trinajstić information content (AvgIpc) is 3.05. The molecular formula is C16H20N4. The number of fused-ring (bicyclic) bond motifs is 1. The van der Waals surface area contributed by atoms with Gasteiger partial charge in [0.1, 0.15) is 5.82 Å². The average molecular weight is 268 g/mol. The van der Waals surface area contributed by atoms with Crippen molar-refractivity contribution in [3.05, 3.63) is 48.0 Å². The van der Waals surface area contributed by atoms with E-state index in [0.717, 1.165) is 37.3 Å². The zero-order valence-electron chi connectivity index (χ0n) is 12.1. The molecule has 4 heteroatoms. The van der Waals surface area contributed by atoms with Gasteiger partial charge in [0.25, 0.3) is 0 Å². The van der Waals surface area contributed by atoms with Crippen LogP contribution in [0, 0.1) is 0 Å². The number of imidazole rings is 1. The number of hydrogen-bond acceptors (Lipinski definition) is 2. The third-order valence-electron chi connectivity index (χ3n) is 3.56. The lowest BCUT2D eigenvalue weighted by Gasteiger charge is -2.07. The summed E-state index contributed by atoms with van der Waals surface area (Å²) in [5.74, 6) is 1.16. The van der Waals surface area contributed by atoms with Crippen LogP contribution in [-0.2, 0) is 19.5 Å². The van der Waals surface area contributed by atoms with Crippen LogP contribution in [0.15, 0.2) is 36.7 Å². The fourth-order valence-electron chi connectivity index (χ4n) is 2.56. The van der Waals surface area contributed by atoms with Gasteiger partial charge in [0.15, 0.2) is 0 Å². The molecule has 0 spiro atoms. The maximum absolute atomic E-state index is 4.76. The molecule has 2 aromatic heterocycles. The van der Waals surface area contributed by atoms with Gasteiger partial charge in [0.2, 0.25) is 0 Å². The summed E-state index contributed by atoms with van der Waals surface area (Å²) >= 11 is 0. The maximum atomic E-state index is 4.76. The van der Waals surface area contributed by atoms with E-state index in [1.807, 2.05) is 16.9 Å². The molecule has 0 amide bonds. The van der Waals surface area contributed by atoms with Gasteiger partial charge in [-0.1, -0.05) is 19.1 Å². The van der Waals surface area contributed by atoms with Gasteiger partial charge < -0.3 is 4.57 Å². The zero-order chi connectivity index (χ0) is 13.9. The molecule has 20 heavy (non-hydrogen) atoms. The molecule has 0 atom stereocenters. The van der Waals surface area contributed by atoms with E-state index in [0.29, 0.717) is 0 Å². The van der Waals surface area contributed by atoms with Crippen LogP contribution in [-0.4, -0.2) is 19.3 Å². The van der Waals surface area contributed by atoms with Crippen LogP contribution in [0.25, 0.3) is 11.0 Å². The first-order valence-corrected chi connectivity index (χ1v) is 7.27. The molecule has 0 radical (unpaired) electrons. The summed E-state index contributed by atoms with van der Waals surface area (Å²) in [6.07, 6.45) is 6.19. The quantitative estimate of drug-likeness (QED) is 0.712. The van der Waals surface area contributed by atoms with Crippen LogP contribution in [0.2, 0.25) is 0 Å². The molecule has 0 unspecified atom stereocenters. The summed E-state index contributed by atoms with van der Waals surface area (Å²) in [6.45, 7) is 6.05. The Morgan fingerprint density at radius 2 is 2.00 bits per heavy atom. The molecule has 0 fully saturated rings. The van der Waals surface area contributed by atoms with Crippen molar-refractivity contribution in [2.75, 3.05) is 0 Å². The molecule has 0 bridgehead atoms. The van der Waals surface area contributed by atoms with Gasteiger partial charge >= 0.3 is 0 Å². The van der Waals surface area contributed by atoms with Crippen molar-refractivity contribution in [2.24, 2.45) is 0 Å². The molecule has 0 aliphatic rings. The second-order valence-electron chi connectivity index (χ2n) is 5.06. The number of nitrogens with zero attached hydrogens (tertiary/aromatic N) is 4. The highest BCUT2D eigenvalue weighted by Gasteiger charge is 2.10. The van der Waals surface area contributed by atoms with E-state index in [9.17, 15) is 0 Å². The molecule has 3 aromatic rings. The lowest BCUT2D eigenvalue weighted by molar-refractivity contribution is 0.657. The summed E-state index contributed by atoms with van der Waals surface area (Å²) in [6, 6.07) is 8.35. The third-order valence-corrected chi connectivity index (χ3v) is 3.56. The summed E-state index contributed by atoms with van der Waals surface area (Å²) in [7, 11) is 0. The van der Waals surface area contributed by atoms with Crippen LogP contribution < -0.4 is 0 Å². The fraction of sp³-hybridized carbons (Fsp3) is 0.375. The summed E-state index contributed by atoms with van der Waals surface area (Å²) in [5, 5.41) is 4.35. The normalized spacial score (nSPS) is 11.3. The molecule has 0 saturated carbocycles. The minimum atomic E-state index is 0.843. The Balaban J connectivity index is 2.01. The second-order valence-corrected chi connectivity index (χ2v) is 5.06. The molecule has 0 saturated heterocycles. The van der Waals surface area contributed by atoms with Crippen molar-refractivity contribution < 1.29 is 0 Å². The van der Waals surface area contributed by atoms with Crippen molar-refractivity contribution in [1.29, 1.82) is 0 Å². The van der Waals surface area contributed by atoms with Crippen molar-refractivity contribution in [3.8, 4) is 0 Å². The van der Waals surface area contributed by atoms with Crippen LogP contribution in [0.5, 0.6) is 0 Å². The maximum Gasteiger partial charge on any atom is 0.110 e. The first kappa shape index (κ1) is 12.9. The van der Waals surface area contributed by atoms with Gasteiger partial charge in [-0.3, -0.25) is 4.68 Å². The molecule has 4 nitrogen and oxygen atoms in total. The minimum Gasteiger partial charge on any atom is -0.323 e. The van der Waals surface area contributed by atoms with E-state index < -0.39 is 0 Å². The number of benzene rings is 1. The lowest BCUT2D eigenvalue weighted by Crippen LogP contribution is -2.04. The molecule has 104 valence electrons. The van der Waals surface area contributed by atoms with Crippen LogP contribution in [0.4, 0.5) is 0 Å². The van der Waals surface area contributed by atoms with E-state index in [2.05, 4.69) is 47.9 Å². The predicted octanol–water partition coefficient (Wildman–Crippen LogP) is 3.25. The molecule has 2 heterocycles. The Bertz CT molecular complexity index is 708.